The van der Waals surface area contributed by atoms with Crippen LogP contribution in [-0.2, 0) is 0 Å². The minimum absolute atomic E-state index is 0.0690. The predicted octanol–water partition coefficient (Wildman–Crippen LogP) is 3.96. The van der Waals surface area contributed by atoms with E-state index in [4.69, 9.17) is 0 Å². The molecule has 6 nitrogen and oxygen atoms in total. The van der Waals surface area contributed by atoms with Gasteiger partial charge in [-0.1, -0.05) is 6.07 Å². The summed E-state index contributed by atoms with van der Waals surface area (Å²) in [7, 11) is 0. The van der Waals surface area contributed by atoms with Crippen LogP contribution in [0.1, 0.15) is 29.8 Å². The Labute approximate surface area is 127 Å². The average Bonchev–Trinajstić information content (AvgIpc) is 2.86. The summed E-state index contributed by atoms with van der Waals surface area (Å²) in [4.78, 5) is 16.4. The maximum absolute atomic E-state index is 11.4. The van der Waals surface area contributed by atoms with Crippen LogP contribution in [0.15, 0.2) is 24.4 Å². The van der Waals surface area contributed by atoms with E-state index in [-0.39, 0.29) is 16.7 Å². The normalized spacial score (nSPS) is 12.0. The van der Waals surface area contributed by atoms with Gasteiger partial charge in [0.15, 0.2) is 0 Å². The number of nitrogens with one attached hydrogen (secondary N) is 2. The van der Waals surface area contributed by atoms with E-state index < -0.39 is 0 Å². The Morgan fingerprint density at radius 2 is 2.14 bits per heavy atom. The molecule has 0 aliphatic heterocycles. The van der Waals surface area contributed by atoms with Crippen LogP contribution < -0.4 is 10.6 Å². The number of rotatable bonds is 6. The third-order valence-electron chi connectivity index (χ3n) is 2.97. The number of anilines is 2. The second-order valence-corrected chi connectivity index (χ2v) is 5.93. The van der Waals surface area contributed by atoms with Gasteiger partial charge in [0.2, 0.25) is 0 Å². The number of nitrogens with zero attached hydrogens (tertiary/aromatic N) is 2. The van der Waals surface area contributed by atoms with Crippen LogP contribution in [0.5, 0.6) is 0 Å². The summed E-state index contributed by atoms with van der Waals surface area (Å²) in [5, 5.41) is 18.5. The first-order valence-corrected chi connectivity index (χ1v) is 7.54. The highest BCUT2D eigenvalue weighted by Crippen LogP contribution is 2.35. The van der Waals surface area contributed by atoms with Gasteiger partial charge in [-0.05, 0) is 32.9 Å². The number of aryl methyl sites for hydroxylation is 1. The molecule has 0 saturated carbocycles. The van der Waals surface area contributed by atoms with Crippen molar-refractivity contribution in [2.45, 2.75) is 26.8 Å². The number of hydrogen-bond donors (Lipinski definition) is 2. The fourth-order valence-corrected chi connectivity index (χ4v) is 2.83. The topological polar surface area (TPSA) is 80.1 Å². The molecule has 2 N–H and O–H groups in total. The fraction of sp³-hybridized carbons (Fsp3) is 0.357. The van der Waals surface area contributed by atoms with Gasteiger partial charge >= 0.3 is 5.69 Å². The number of aromatic nitrogens is 1. The molecule has 0 saturated heterocycles. The molecule has 0 aliphatic carbocycles. The zero-order valence-electron chi connectivity index (χ0n) is 12.2. The van der Waals surface area contributed by atoms with Crippen LogP contribution in [-0.4, -0.2) is 16.5 Å². The number of hydrogen-bond acceptors (Lipinski definition) is 6. The van der Waals surface area contributed by atoms with E-state index in [0.29, 0.717) is 17.9 Å². The summed E-state index contributed by atoms with van der Waals surface area (Å²) >= 11 is 1.58. The van der Waals surface area contributed by atoms with Crippen molar-refractivity contribution in [2.75, 3.05) is 17.2 Å². The van der Waals surface area contributed by atoms with Crippen LogP contribution >= 0.6 is 11.3 Å². The lowest BCUT2D eigenvalue weighted by Gasteiger charge is -2.14. The first-order valence-electron chi connectivity index (χ1n) is 6.73. The molecular formula is C14H18N4O2S. The highest BCUT2D eigenvalue weighted by atomic mass is 32.1. The van der Waals surface area contributed by atoms with Gasteiger partial charge in [0.05, 0.1) is 11.0 Å². The maximum atomic E-state index is 11.4. The van der Waals surface area contributed by atoms with Gasteiger partial charge < -0.3 is 10.6 Å². The number of thiazole rings is 1. The number of nitro groups is 1. The van der Waals surface area contributed by atoms with Crippen molar-refractivity contribution < 1.29 is 4.92 Å². The monoisotopic (exact) mass is 306 g/mol. The molecule has 1 aromatic carbocycles. The van der Waals surface area contributed by atoms with Crippen molar-refractivity contribution >= 4 is 28.4 Å². The van der Waals surface area contributed by atoms with E-state index in [0.717, 1.165) is 9.88 Å². The smallest absolute Gasteiger partial charge is 0.315 e. The molecular weight excluding hydrogens is 288 g/mol. The standard InChI is InChI=1S/C14H18N4O2S/c1-4-15-11-6-5-7-12(13(11)18(19)20)17-10(3)14-16-8-9(2)21-14/h5-8,10,15,17H,4H2,1-3H3. The Morgan fingerprint density at radius 1 is 1.43 bits per heavy atom. The summed E-state index contributed by atoms with van der Waals surface area (Å²) < 4.78 is 0. The van der Waals surface area contributed by atoms with Crippen LogP contribution in [0.2, 0.25) is 0 Å². The molecule has 0 bridgehead atoms. The van der Waals surface area contributed by atoms with E-state index in [1.165, 1.54) is 0 Å². The van der Waals surface area contributed by atoms with Gasteiger partial charge in [-0.25, -0.2) is 4.98 Å². The Balaban J connectivity index is 2.30. The lowest BCUT2D eigenvalue weighted by molar-refractivity contribution is -0.383. The zero-order chi connectivity index (χ0) is 15.4. The Morgan fingerprint density at radius 3 is 2.71 bits per heavy atom. The van der Waals surface area contributed by atoms with Crippen molar-refractivity contribution in [1.29, 1.82) is 0 Å². The summed E-state index contributed by atoms with van der Waals surface area (Å²) in [6, 6.07) is 5.15. The van der Waals surface area contributed by atoms with E-state index in [1.807, 2.05) is 27.0 Å². The molecule has 0 aliphatic rings. The molecule has 0 amide bonds. The van der Waals surface area contributed by atoms with E-state index >= 15 is 0 Å². The predicted molar refractivity (Wildman–Crippen MR) is 86.1 cm³/mol. The van der Waals surface area contributed by atoms with Crippen molar-refractivity contribution in [3.8, 4) is 0 Å². The highest BCUT2D eigenvalue weighted by molar-refractivity contribution is 7.11. The summed E-state index contributed by atoms with van der Waals surface area (Å²) in [5.74, 6) is 0. The molecule has 1 heterocycles. The van der Waals surface area contributed by atoms with Gasteiger partial charge in [0.25, 0.3) is 0 Å². The quantitative estimate of drug-likeness (QED) is 0.623. The molecule has 2 rings (SSSR count). The van der Waals surface area contributed by atoms with Gasteiger partial charge in [-0.3, -0.25) is 10.1 Å². The largest absolute Gasteiger partial charge is 0.380 e. The van der Waals surface area contributed by atoms with Gasteiger partial charge in [-0.2, -0.15) is 0 Å². The van der Waals surface area contributed by atoms with E-state index in [1.54, 1.807) is 29.5 Å². The lowest BCUT2D eigenvalue weighted by atomic mass is 10.2. The summed E-state index contributed by atoms with van der Waals surface area (Å²) in [5.41, 5.74) is 1.09. The Bertz CT molecular complexity index is 642. The Hall–Kier alpha value is -2.15. The van der Waals surface area contributed by atoms with Crippen molar-refractivity contribution in [1.82, 2.24) is 4.98 Å². The molecule has 0 radical (unpaired) electrons. The second kappa shape index (κ2) is 6.53. The number of nitro benzene ring substituents is 1. The lowest BCUT2D eigenvalue weighted by Crippen LogP contribution is -2.09. The molecule has 112 valence electrons. The molecule has 2 aromatic rings. The van der Waals surface area contributed by atoms with Crippen LogP contribution in [0.4, 0.5) is 17.1 Å². The summed E-state index contributed by atoms with van der Waals surface area (Å²) in [6.45, 7) is 6.47. The van der Waals surface area contributed by atoms with Crippen LogP contribution in [0, 0.1) is 17.0 Å². The highest BCUT2D eigenvalue weighted by Gasteiger charge is 2.21. The van der Waals surface area contributed by atoms with Crippen molar-refractivity contribution in [3.05, 3.63) is 44.4 Å². The zero-order valence-corrected chi connectivity index (χ0v) is 13.0. The minimum Gasteiger partial charge on any atom is -0.380 e. The molecule has 7 heteroatoms. The molecule has 1 unspecified atom stereocenters. The number of benzene rings is 1. The fourth-order valence-electron chi connectivity index (χ4n) is 2.06. The van der Waals surface area contributed by atoms with E-state index in [2.05, 4.69) is 15.6 Å². The molecule has 21 heavy (non-hydrogen) atoms. The van der Waals surface area contributed by atoms with Gasteiger partial charge in [0.1, 0.15) is 16.4 Å². The SMILES string of the molecule is CCNc1cccc(NC(C)c2ncc(C)s2)c1[N+](=O)[O-]. The molecule has 1 atom stereocenters. The molecule has 1 aromatic heterocycles. The third-order valence-corrected chi connectivity index (χ3v) is 4.06. The molecule has 0 spiro atoms. The summed E-state index contributed by atoms with van der Waals surface area (Å²) in [6.07, 6.45) is 1.81. The second-order valence-electron chi connectivity index (χ2n) is 4.66. The third kappa shape index (κ3) is 3.49. The number of para-hydroxylation sites is 1. The van der Waals surface area contributed by atoms with Gasteiger partial charge in [0, 0.05) is 17.6 Å². The molecule has 0 fully saturated rings. The van der Waals surface area contributed by atoms with Crippen molar-refractivity contribution in [3.63, 3.8) is 0 Å². The van der Waals surface area contributed by atoms with Gasteiger partial charge in [-0.15, -0.1) is 11.3 Å². The van der Waals surface area contributed by atoms with E-state index in [9.17, 15) is 10.1 Å². The van der Waals surface area contributed by atoms with Crippen LogP contribution in [0.3, 0.4) is 0 Å². The van der Waals surface area contributed by atoms with Crippen molar-refractivity contribution in [2.24, 2.45) is 0 Å². The Kier molecular flexibility index (Phi) is 4.74. The first-order chi connectivity index (χ1) is 10.0. The van der Waals surface area contributed by atoms with Crippen LogP contribution in [0.25, 0.3) is 0 Å². The average molecular weight is 306 g/mol. The minimum atomic E-state index is -0.361. The first kappa shape index (κ1) is 15.2. The maximum Gasteiger partial charge on any atom is 0.315 e.